The summed E-state index contributed by atoms with van der Waals surface area (Å²) in [6.45, 7) is 6.34. The average molecular weight is 311 g/mol. The summed E-state index contributed by atoms with van der Waals surface area (Å²) in [5.41, 5.74) is 2.28. The minimum Gasteiger partial charge on any atom is -0.314 e. The van der Waals surface area contributed by atoms with Crippen LogP contribution in [0.5, 0.6) is 0 Å². The molecule has 0 spiro atoms. The van der Waals surface area contributed by atoms with Crippen molar-refractivity contribution in [2.75, 3.05) is 19.6 Å². The predicted molar refractivity (Wildman–Crippen MR) is 86.6 cm³/mol. The Morgan fingerprint density at radius 2 is 2.05 bits per heavy atom. The van der Waals surface area contributed by atoms with Crippen LogP contribution in [-0.2, 0) is 13.6 Å². The molecule has 0 amide bonds. The molecule has 1 aromatic heterocycles. The van der Waals surface area contributed by atoms with Crippen LogP contribution in [0.1, 0.15) is 43.4 Å². The molecule has 5 heteroatoms. The van der Waals surface area contributed by atoms with E-state index in [2.05, 4.69) is 22.2 Å². The Labute approximate surface area is 132 Å². The van der Waals surface area contributed by atoms with E-state index < -0.39 is 0 Å². The lowest BCUT2D eigenvalue weighted by atomic mass is 9.82. The van der Waals surface area contributed by atoms with Crippen molar-refractivity contribution >= 4 is 11.6 Å². The Bertz CT molecular complexity index is 479. The third kappa shape index (κ3) is 3.27. The lowest BCUT2D eigenvalue weighted by molar-refractivity contribution is 0.0858. The highest BCUT2D eigenvalue weighted by molar-refractivity contribution is 6.30. The number of nitrogens with one attached hydrogen (secondary N) is 1. The first-order valence-electron chi connectivity index (χ1n) is 8.29. The summed E-state index contributed by atoms with van der Waals surface area (Å²) < 4.78 is 1.80. The summed E-state index contributed by atoms with van der Waals surface area (Å²) in [4.78, 5) is 2.64. The summed E-state index contributed by atoms with van der Waals surface area (Å²) in [5.74, 6) is 0.849. The topological polar surface area (TPSA) is 33.1 Å². The molecule has 1 atom stereocenters. The predicted octanol–water partition coefficient (Wildman–Crippen LogP) is 2.74. The van der Waals surface area contributed by atoms with Gasteiger partial charge in [0.1, 0.15) is 5.15 Å². The molecule has 0 bridgehead atoms. The lowest BCUT2D eigenvalue weighted by Gasteiger charge is -2.42. The molecular weight excluding hydrogens is 284 g/mol. The van der Waals surface area contributed by atoms with E-state index in [1.54, 1.807) is 4.68 Å². The third-order valence-corrected chi connectivity index (χ3v) is 5.70. The van der Waals surface area contributed by atoms with Gasteiger partial charge in [0, 0.05) is 44.8 Å². The first kappa shape index (κ1) is 15.3. The molecule has 1 aliphatic heterocycles. The normalized spacial score (nSPS) is 25.4. The average Bonchev–Trinajstić information content (AvgIpc) is 2.75. The Balaban J connectivity index is 1.74. The number of hydrogen-bond acceptors (Lipinski definition) is 3. The number of piperazine rings is 1. The molecule has 4 nitrogen and oxygen atoms in total. The minimum absolute atomic E-state index is 0.662. The number of aromatic nitrogens is 2. The first-order valence-corrected chi connectivity index (χ1v) is 8.67. The van der Waals surface area contributed by atoms with E-state index in [0.717, 1.165) is 42.9 Å². The molecule has 1 aliphatic carbocycles. The van der Waals surface area contributed by atoms with Crippen LogP contribution in [0.4, 0.5) is 0 Å². The molecule has 0 radical (unpaired) electrons. The summed E-state index contributed by atoms with van der Waals surface area (Å²) >= 11 is 6.42. The van der Waals surface area contributed by atoms with Crippen molar-refractivity contribution in [1.82, 2.24) is 20.0 Å². The summed E-state index contributed by atoms with van der Waals surface area (Å²) in [5, 5.41) is 8.84. The van der Waals surface area contributed by atoms with Crippen molar-refractivity contribution in [3.63, 3.8) is 0 Å². The molecule has 2 aliphatic rings. The van der Waals surface area contributed by atoms with Crippen LogP contribution in [0.2, 0.25) is 5.15 Å². The van der Waals surface area contributed by atoms with E-state index >= 15 is 0 Å². The monoisotopic (exact) mass is 310 g/mol. The maximum Gasteiger partial charge on any atom is 0.131 e. The van der Waals surface area contributed by atoms with Gasteiger partial charge in [0.15, 0.2) is 0 Å². The van der Waals surface area contributed by atoms with Gasteiger partial charge in [0.25, 0.3) is 0 Å². The number of halogens is 1. The molecule has 1 N–H and O–H groups in total. The van der Waals surface area contributed by atoms with Gasteiger partial charge in [-0.2, -0.15) is 5.10 Å². The van der Waals surface area contributed by atoms with E-state index in [-0.39, 0.29) is 0 Å². The summed E-state index contributed by atoms with van der Waals surface area (Å²) in [6, 6.07) is 0.662. The zero-order valence-electron chi connectivity index (χ0n) is 13.2. The van der Waals surface area contributed by atoms with Gasteiger partial charge in [-0.3, -0.25) is 9.58 Å². The number of aryl methyl sites for hydroxylation is 2. The lowest BCUT2D eigenvalue weighted by Crippen LogP contribution is -2.54. The van der Waals surface area contributed by atoms with Crippen molar-refractivity contribution in [1.29, 1.82) is 0 Å². The maximum absolute atomic E-state index is 6.42. The van der Waals surface area contributed by atoms with Crippen LogP contribution in [0, 0.1) is 12.8 Å². The van der Waals surface area contributed by atoms with E-state index in [4.69, 9.17) is 11.6 Å². The van der Waals surface area contributed by atoms with Gasteiger partial charge in [-0.1, -0.05) is 30.9 Å². The Morgan fingerprint density at radius 3 is 2.71 bits per heavy atom. The van der Waals surface area contributed by atoms with E-state index in [1.807, 2.05) is 7.05 Å². The first-order chi connectivity index (χ1) is 10.2. The van der Waals surface area contributed by atoms with Gasteiger partial charge in [0.2, 0.25) is 0 Å². The zero-order chi connectivity index (χ0) is 14.8. The Kier molecular flexibility index (Phi) is 4.87. The van der Waals surface area contributed by atoms with Crippen LogP contribution in [-0.4, -0.2) is 40.4 Å². The van der Waals surface area contributed by atoms with Crippen molar-refractivity contribution in [2.45, 2.75) is 51.6 Å². The van der Waals surface area contributed by atoms with Crippen LogP contribution in [0.15, 0.2) is 0 Å². The van der Waals surface area contributed by atoms with Crippen LogP contribution < -0.4 is 5.32 Å². The van der Waals surface area contributed by atoms with Gasteiger partial charge < -0.3 is 5.32 Å². The van der Waals surface area contributed by atoms with Crippen LogP contribution in [0.25, 0.3) is 0 Å². The van der Waals surface area contributed by atoms with Crippen molar-refractivity contribution in [2.24, 2.45) is 13.0 Å². The molecule has 2 heterocycles. The van der Waals surface area contributed by atoms with Gasteiger partial charge >= 0.3 is 0 Å². The second kappa shape index (κ2) is 6.67. The standard InChI is InChI=1S/C16H27ClN4/c1-12-14(16(17)20(2)19-12)11-21-9-8-18-10-15(21)13-6-4-3-5-7-13/h13,15,18H,3-11H2,1-2H3. The fourth-order valence-electron chi connectivity index (χ4n) is 4.00. The maximum atomic E-state index is 6.42. The van der Waals surface area contributed by atoms with Crippen molar-refractivity contribution in [3.8, 4) is 0 Å². The highest BCUT2D eigenvalue weighted by Crippen LogP contribution is 2.31. The second-order valence-corrected chi connectivity index (χ2v) is 6.98. The Morgan fingerprint density at radius 1 is 1.29 bits per heavy atom. The molecule has 1 aromatic rings. The Hall–Kier alpha value is -0.580. The largest absolute Gasteiger partial charge is 0.314 e. The molecular formula is C16H27ClN4. The highest BCUT2D eigenvalue weighted by Gasteiger charge is 2.31. The fourth-order valence-corrected chi connectivity index (χ4v) is 4.24. The van der Waals surface area contributed by atoms with E-state index in [9.17, 15) is 0 Å². The molecule has 21 heavy (non-hydrogen) atoms. The smallest absolute Gasteiger partial charge is 0.131 e. The quantitative estimate of drug-likeness (QED) is 0.932. The molecule has 118 valence electrons. The van der Waals surface area contributed by atoms with Crippen LogP contribution in [0.3, 0.4) is 0 Å². The number of rotatable bonds is 3. The zero-order valence-corrected chi connectivity index (χ0v) is 14.0. The van der Waals surface area contributed by atoms with E-state index in [0.29, 0.717) is 6.04 Å². The SMILES string of the molecule is Cc1nn(C)c(Cl)c1CN1CCNCC1C1CCCCC1. The highest BCUT2D eigenvalue weighted by atomic mass is 35.5. The minimum atomic E-state index is 0.662. The van der Waals surface area contributed by atoms with Gasteiger partial charge in [0.05, 0.1) is 5.69 Å². The molecule has 3 rings (SSSR count). The molecule has 1 saturated heterocycles. The molecule has 1 unspecified atom stereocenters. The molecule has 2 fully saturated rings. The van der Waals surface area contributed by atoms with Crippen molar-refractivity contribution < 1.29 is 0 Å². The molecule has 0 aromatic carbocycles. The summed E-state index contributed by atoms with van der Waals surface area (Å²) in [6.07, 6.45) is 7.01. The van der Waals surface area contributed by atoms with Crippen molar-refractivity contribution in [3.05, 3.63) is 16.4 Å². The second-order valence-electron chi connectivity index (χ2n) is 6.62. The third-order valence-electron chi connectivity index (χ3n) is 5.22. The van der Waals surface area contributed by atoms with Gasteiger partial charge in [-0.25, -0.2) is 0 Å². The summed E-state index contributed by atoms with van der Waals surface area (Å²) in [7, 11) is 1.93. The van der Waals surface area contributed by atoms with Gasteiger partial charge in [-0.05, 0) is 25.7 Å². The number of nitrogens with zero attached hydrogens (tertiary/aromatic N) is 3. The molecule has 1 saturated carbocycles. The van der Waals surface area contributed by atoms with Gasteiger partial charge in [-0.15, -0.1) is 0 Å². The van der Waals surface area contributed by atoms with E-state index in [1.165, 1.54) is 37.7 Å². The van der Waals surface area contributed by atoms with Crippen LogP contribution >= 0.6 is 11.6 Å². The number of hydrogen-bond donors (Lipinski definition) is 1. The fraction of sp³-hybridized carbons (Fsp3) is 0.812.